The van der Waals surface area contributed by atoms with Crippen molar-refractivity contribution in [1.82, 2.24) is 0 Å². The van der Waals surface area contributed by atoms with Gasteiger partial charge >= 0.3 is 0 Å². The molecule has 18 heavy (non-hydrogen) atoms. The highest BCUT2D eigenvalue weighted by Crippen LogP contribution is 2.53. The maximum Gasteiger partial charge on any atom is 0.110 e. The third kappa shape index (κ3) is 2.59. The lowest BCUT2D eigenvalue weighted by Crippen LogP contribution is -2.44. The van der Waals surface area contributed by atoms with Crippen LogP contribution in [0, 0.1) is 0 Å². The average molecular weight is 282 g/mol. The molecule has 1 nitrogen and oxygen atoms in total. The third-order valence-electron chi connectivity index (χ3n) is 3.83. The van der Waals surface area contributed by atoms with Crippen LogP contribution in [-0.4, -0.2) is 20.7 Å². The standard InChI is InChI=1S/C15H22OS2/c1-4-12-7-5-8-13(11-12)14(2,16)15(3)17-9-6-10-18-15/h5,7-8,11,16H,4,6,9-10H2,1-3H3/t14-/m0/s1. The molecule has 0 bridgehead atoms. The lowest BCUT2D eigenvalue weighted by molar-refractivity contribution is 0.0487. The van der Waals surface area contributed by atoms with E-state index >= 15 is 0 Å². The van der Waals surface area contributed by atoms with E-state index in [-0.39, 0.29) is 4.08 Å². The van der Waals surface area contributed by atoms with E-state index in [1.54, 1.807) is 0 Å². The van der Waals surface area contributed by atoms with Gasteiger partial charge in [-0.1, -0.05) is 31.2 Å². The molecule has 100 valence electrons. The average Bonchev–Trinajstić information content (AvgIpc) is 2.39. The van der Waals surface area contributed by atoms with Gasteiger partial charge in [0.1, 0.15) is 5.60 Å². The van der Waals surface area contributed by atoms with Crippen LogP contribution in [0.15, 0.2) is 24.3 Å². The molecule has 1 aliphatic rings. The van der Waals surface area contributed by atoms with Gasteiger partial charge in [0.05, 0.1) is 4.08 Å². The molecule has 1 aliphatic heterocycles. The Balaban J connectivity index is 2.33. The van der Waals surface area contributed by atoms with E-state index in [4.69, 9.17) is 0 Å². The Morgan fingerprint density at radius 1 is 1.33 bits per heavy atom. The van der Waals surface area contributed by atoms with Crippen LogP contribution in [0.2, 0.25) is 0 Å². The van der Waals surface area contributed by atoms with Crippen LogP contribution in [0.4, 0.5) is 0 Å². The monoisotopic (exact) mass is 282 g/mol. The van der Waals surface area contributed by atoms with E-state index < -0.39 is 5.60 Å². The molecule has 0 radical (unpaired) electrons. The van der Waals surface area contributed by atoms with E-state index in [1.807, 2.05) is 30.4 Å². The molecule has 1 fully saturated rings. The molecule has 0 amide bonds. The van der Waals surface area contributed by atoms with Gasteiger partial charge in [-0.3, -0.25) is 0 Å². The van der Waals surface area contributed by atoms with Gasteiger partial charge in [-0.2, -0.15) is 0 Å². The van der Waals surface area contributed by atoms with E-state index in [9.17, 15) is 5.11 Å². The smallest absolute Gasteiger partial charge is 0.110 e. The van der Waals surface area contributed by atoms with Gasteiger partial charge in [0.15, 0.2) is 0 Å². The minimum atomic E-state index is -0.784. The Kier molecular flexibility index (Phi) is 4.35. The van der Waals surface area contributed by atoms with Crippen molar-refractivity contribution in [2.45, 2.75) is 43.3 Å². The molecule has 1 aromatic carbocycles. The summed E-state index contributed by atoms with van der Waals surface area (Å²) in [4.78, 5) is 0. The number of hydrogen-bond acceptors (Lipinski definition) is 3. The Morgan fingerprint density at radius 3 is 2.61 bits per heavy atom. The lowest BCUT2D eigenvalue weighted by atomic mass is 9.90. The lowest BCUT2D eigenvalue weighted by Gasteiger charge is -2.44. The number of rotatable bonds is 3. The van der Waals surface area contributed by atoms with Gasteiger partial charge in [0, 0.05) is 0 Å². The number of benzene rings is 1. The SMILES string of the molecule is CCc1cccc([C@](C)(O)C2(C)SCCCS2)c1. The number of hydrogen-bond donors (Lipinski definition) is 1. The van der Waals surface area contributed by atoms with Crippen LogP contribution in [0.1, 0.15) is 38.3 Å². The Hall–Kier alpha value is -0.120. The summed E-state index contributed by atoms with van der Waals surface area (Å²) < 4.78 is -0.141. The van der Waals surface area contributed by atoms with Gasteiger partial charge < -0.3 is 5.11 Å². The van der Waals surface area contributed by atoms with Gasteiger partial charge in [-0.25, -0.2) is 0 Å². The zero-order valence-corrected chi connectivity index (χ0v) is 13.0. The summed E-state index contributed by atoms with van der Waals surface area (Å²) in [6.45, 7) is 6.30. The van der Waals surface area contributed by atoms with E-state index in [0.29, 0.717) is 0 Å². The Bertz CT molecular complexity index is 409. The second-order valence-corrected chi connectivity index (χ2v) is 8.41. The molecule has 0 aliphatic carbocycles. The van der Waals surface area contributed by atoms with Crippen molar-refractivity contribution >= 4 is 23.5 Å². The molecular formula is C15H22OS2. The first-order valence-electron chi connectivity index (χ1n) is 6.59. The van der Waals surface area contributed by atoms with Crippen LogP contribution >= 0.6 is 23.5 Å². The fraction of sp³-hybridized carbons (Fsp3) is 0.600. The molecule has 0 saturated carbocycles. The van der Waals surface area contributed by atoms with Crippen molar-refractivity contribution in [1.29, 1.82) is 0 Å². The van der Waals surface area contributed by atoms with Gasteiger partial charge in [0.25, 0.3) is 0 Å². The number of thioether (sulfide) groups is 2. The fourth-order valence-electron chi connectivity index (χ4n) is 2.27. The van der Waals surface area contributed by atoms with Crippen molar-refractivity contribution in [3.63, 3.8) is 0 Å². The van der Waals surface area contributed by atoms with Gasteiger partial charge in [0.2, 0.25) is 0 Å². The highest BCUT2D eigenvalue weighted by atomic mass is 32.2. The minimum absolute atomic E-state index is 0.141. The zero-order valence-electron chi connectivity index (χ0n) is 11.4. The predicted molar refractivity (Wildman–Crippen MR) is 83.3 cm³/mol. The summed E-state index contributed by atoms with van der Waals surface area (Å²) in [6, 6.07) is 8.40. The highest BCUT2D eigenvalue weighted by Gasteiger charge is 2.46. The largest absolute Gasteiger partial charge is 0.383 e. The van der Waals surface area contributed by atoms with Crippen molar-refractivity contribution in [3.8, 4) is 0 Å². The molecule has 1 N–H and O–H groups in total. The number of aliphatic hydroxyl groups is 1. The number of aryl methyl sites for hydroxylation is 1. The first-order valence-corrected chi connectivity index (χ1v) is 8.56. The summed E-state index contributed by atoms with van der Waals surface area (Å²) in [7, 11) is 0. The first kappa shape index (κ1) is 14.3. The van der Waals surface area contributed by atoms with E-state index in [0.717, 1.165) is 23.5 Å². The van der Waals surface area contributed by atoms with Crippen molar-refractivity contribution < 1.29 is 5.11 Å². The molecule has 3 heteroatoms. The summed E-state index contributed by atoms with van der Waals surface area (Å²) in [6.07, 6.45) is 2.26. The van der Waals surface area contributed by atoms with Crippen LogP contribution in [0.25, 0.3) is 0 Å². The van der Waals surface area contributed by atoms with Gasteiger partial charge in [-0.15, -0.1) is 23.5 Å². The van der Waals surface area contributed by atoms with E-state index in [2.05, 4.69) is 38.1 Å². The molecule has 1 heterocycles. The fourth-order valence-corrected chi connectivity index (χ4v) is 5.44. The maximum absolute atomic E-state index is 11.0. The normalized spacial score (nSPS) is 22.4. The van der Waals surface area contributed by atoms with Crippen molar-refractivity contribution in [3.05, 3.63) is 35.4 Å². The molecular weight excluding hydrogens is 260 g/mol. The molecule has 1 aromatic rings. The molecule has 0 aromatic heterocycles. The van der Waals surface area contributed by atoms with Crippen LogP contribution < -0.4 is 0 Å². The topological polar surface area (TPSA) is 20.2 Å². The summed E-state index contributed by atoms with van der Waals surface area (Å²) in [5.74, 6) is 2.29. The van der Waals surface area contributed by atoms with Crippen LogP contribution in [-0.2, 0) is 12.0 Å². The Morgan fingerprint density at radius 2 is 2.00 bits per heavy atom. The molecule has 1 saturated heterocycles. The summed E-state index contributed by atoms with van der Waals surface area (Å²) >= 11 is 3.79. The minimum Gasteiger partial charge on any atom is -0.383 e. The molecule has 1 atom stereocenters. The third-order valence-corrected chi connectivity index (χ3v) is 7.41. The highest BCUT2D eigenvalue weighted by molar-refractivity contribution is 8.18. The quantitative estimate of drug-likeness (QED) is 0.903. The maximum atomic E-state index is 11.0. The molecule has 2 rings (SSSR count). The summed E-state index contributed by atoms with van der Waals surface area (Å²) in [5.41, 5.74) is 1.56. The second kappa shape index (κ2) is 5.48. The molecule has 0 unspecified atom stereocenters. The van der Waals surface area contributed by atoms with E-state index in [1.165, 1.54) is 12.0 Å². The zero-order chi connectivity index (χ0) is 13.2. The molecule has 0 spiro atoms. The second-order valence-electron chi connectivity index (χ2n) is 5.12. The first-order chi connectivity index (χ1) is 8.49. The Labute approximate surface area is 119 Å². The van der Waals surface area contributed by atoms with Gasteiger partial charge in [-0.05, 0) is 49.3 Å². The van der Waals surface area contributed by atoms with Crippen LogP contribution in [0.3, 0.4) is 0 Å². The van der Waals surface area contributed by atoms with Crippen molar-refractivity contribution in [2.75, 3.05) is 11.5 Å². The van der Waals surface area contributed by atoms with Crippen molar-refractivity contribution in [2.24, 2.45) is 0 Å². The summed E-state index contributed by atoms with van der Waals surface area (Å²) in [5, 5.41) is 11.0. The predicted octanol–water partition coefficient (Wildman–Crippen LogP) is 4.04. The van der Waals surface area contributed by atoms with Crippen LogP contribution in [0.5, 0.6) is 0 Å².